The number of nitrogens with zero attached hydrogens (tertiary/aromatic N) is 2. The smallest absolute Gasteiger partial charge is 0.255 e. The van der Waals surface area contributed by atoms with Crippen LogP contribution in [0.15, 0.2) is 4.79 Å². The van der Waals surface area contributed by atoms with Crippen LogP contribution in [-0.2, 0) is 20.7 Å². The van der Waals surface area contributed by atoms with E-state index in [9.17, 15) is 14.4 Å². The van der Waals surface area contributed by atoms with Gasteiger partial charge in [0.25, 0.3) is 5.56 Å². The van der Waals surface area contributed by atoms with Gasteiger partial charge in [-0.25, -0.2) is 4.98 Å². The lowest BCUT2D eigenvalue weighted by Gasteiger charge is -2.27. The highest BCUT2D eigenvalue weighted by Gasteiger charge is 2.17. The minimum absolute atomic E-state index is 0.0837. The van der Waals surface area contributed by atoms with Gasteiger partial charge in [0.15, 0.2) is 0 Å². The molecule has 2 rings (SSSR count). The number of amides is 2. The largest absolute Gasteiger partial charge is 0.378 e. The number of carbonyl (C=O) groups excluding carboxylic acids is 2. The number of carbonyl (C=O) groups is 2. The summed E-state index contributed by atoms with van der Waals surface area (Å²) >= 11 is 0. The Hall–Kier alpha value is -2.42. The quantitative estimate of drug-likeness (QED) is 0.634. The fourth-order valence-electron chi connectivity index (χ4n) is 2.78. The van der Waals surface area contributed by atoms with Crippen molar-refractivity contribution >= 4 is 17.8 Å². The van der Waals surface area contributed by atoms with Crippen LogP contribution in [0.3, 0.4) is 0 Å². The van der Waals surface area contributed by atoms with Crippen LogP contribution in [0.25, 0.3) is 0 Å². The average molecular weight is 379 g/mol. The summed E-state index contributed by atoms with van der Waals surface area (Å²) in [6.45, 7) is 9.87. The molecule has 2 heterocycles. The molecule has 9 heteroatoms. The zero-order valence-corrected chi connectivity index (χ0v) is 16.5. The first-order valence-electron chi connectivity index (χ1n) is 9.16. The minimum atomic E-state index is -0.347. The molecule has 9 nitrogen and oxygen atoms in total. The standard InChI is InChI=1S/C18H29N5O4/c1-12-13(5-6-14(24)19-11-15(25)22-18(2,3)4)16(26)21-17(20-12)23-7-9-27-10-8-23/h5-11H2,1-4H3,(H,19,24)(H,22,25)(H,20,21,26). The van der Waals surface area contributed by atoms with Gasteiger partial charge in [-0.2, -0.15) is 0 Å². The number of hydrogen-bond donors (Lipinski definition) is 3. The number of nitrogens with one attached hydrogen (secondary N) is 3. The molecule has 1 aliphatic rings. The van der Waals surface area contributed by atoms with E-state index in [0.717, 1.165) is 0 Å². The first-order valence-corrected chi connectivity index (χ1v) is 9.16. The molecule has 0 bridgehead atoms. The summed E-state index contributed by atoms with van der Waals surface area (Å²) in [6, 6.07) is 0. The van der Waals surface area contributed by atoms with E-state index in [4.69, 9.17) is 4.74 Å². The monoisotopic (exact) mass is 379 g/mol. The maximum Gasteiger partial charge on any atom is 0.255 e. The van der Waals surface area contributed by atoms with Gasteiger partial charge < -0.3 is 20.3 Å². The lowest BCUT2D eigenvalue weighted by Crippen LogP contribution is -2.45. The molecule has 0 saturated carbocycles. The van der Waals surface area contributed by atoms with Crippen LogP contribution in [0.1, 0.15) is 38.4 Å². The third-order valence-corrected chi connectivity index (χ3v) is 4.08. The predicted molar refractivity (Wildman–Crippen MR) is 102 cm³/mol. The molecule has 1 aromatic heterocycles. The molecule has 27 heavy (non-hydrogen) atoms. The lowest BCUT2D eigenvalue weighted by atomic mass is 10.1. The van der Waals surface area contributed by atoms with Crippen molar-refractivity contribution < 1.29 is 14.3 Å². The second-order valence-electron chi connectivity index (χ2n) is 7.63. The Bertz CT molecular complexity index is 732. The number of aromatic nitrogens is 2. The predicted octanol–water partition coefficient (Wildman–Crippen LogP) is -0.122. The summed E-state index contributed by atoms with van der Waals surface area (Å²) < 4.78 is 5.30. The van der Waals surface area contributed by atoms with Gasteiger partial charge in [0.05, 0.1) is 19.8 Å². The van der Waals surface area contributed by atoms with Crippen molar-refractivity contribution in [2.75, 3.05) is 37.7 Å². The molecule has 1 fully saturated rings. The van der Waals surface area contributed by atoms with Gasteiger partial charge >= 0.3 is 0 Å². The molecule has 0 atom stereocenters. The van der Waals surface area contributed by atoms with Gasteiger partial charge in [0.2, 0.25) is 17.8 Å². The van der Waals surface area contributed by atoms with E-state index in [0.29, 0.717) is 43.5 Å². The van der Waals surface area contributed by atoms with Crippen molar-refractivity contribution in [3.05, 3.63) is 21.6 Å². The fourth-order valence-corrected chi connectivity index (χ4v) is 2.78. The van der Waals surface area contributed by atoms with Crippen molar-refractivity contribution in [2.24, 2.45) is 0 Å². The van der Waals surface area contributed by atoms with Crippen LogP contribution in [0.5, 0.6) is 0 Å². The highest BCUT2D eigenvalue weighted by molar-refractivity contribution is 5.85. The lowest BCUT2D eigenvalue weighted by molar-refractivity contribution is -0.126. The van der Waals surface area contributed by atoms with Gasteiger partial charge in [-0.3, -0.25) is 19.4 Å². The van der Waals surface area contributed by atoms with Crippen molar-refractivity contribution in [1.29, 1.82) is 0 Å². The molecule has 150 valence electrons. The van der Waals surface area contributed by atoms with Gasteiger partial charge in [0.1, 0.15) is 0 Å². The number of aromatic amines is 1. The van der Waals surface area contributed by atoms with Crippen LogP contribution >= 0.6 is 0 Å². The minimum Gasteiger partial charge on any atom is -0.378 e. The molecule has 3 N–H and O–H groups in total. The Balaban J connectivity index is 1.89. The first-order chi connectivity index (χ1) is 12.7. The second kappa shape index (κ2) is 8.98. The normalized spacial score (nSPS) is 14.7. The van der Waals surface area contributed by atoms with Crippen LogP contribution < -0.4 is 21.1 Å². The molecule has 0 spiro atoms. The van der Waals surface area contributed by atoms with Crippen molar-refractivity contribution in [3.63, 3.8) is 0 Å². The summed E-state index contributed by atoms with van der Waals surface area (Å²) in [6.07, 6.45) is 0.385. The van der Waals surface area contributed by atoms with E-state index in [2.05, 4.69) is 20.6 Å². The van der Waals surface area contributed by atoms with E-state index < -0.39 is 0 Å². The van der Waals surface area contributed by atoms with Crippen molar-refractivity contribution in [2.45, 2.75) is 46.1 Å². The molecule has 0 unspecified atom stereocenters. The summed E-state index contributed by atoms with van der Waals surface area (Å²) in [5.74, 6) is 0.00405. The molecular formula is C18H29N5O4. The van der Waals surface area contributed by atoms with Crippen LogP contribution in [0.2, 0.25) is 0 Å². The SMILES string of the molecule is Cc1nc(N2CCOCC2)[nH]c(=O)c1CCC(=O)NCC(=O)NC(C)(C)C. The summed E-state index contributed by atoms with van der Waals surface area (Å²) in [7, 11) is 0. The number of aryl methyl sites for hydroxylation is 1. The van der Waals surface area contributed by atoms with Crippen LogP contribution in [0.4, 0.5) is 5.95 Å². The third kappa shape index (κ3) is 6.67. The maximum absolute atomic E-state index is 12.4. The van der Waals surface area contributed by atoms with E-state index in [1.807, 2.05) is 25.7 Å². The van der Waals surface area contributed by atoms with E-state index in [1.165, 1.54) is 0 Å². The van der Waals surface area contributed by atoms with Gasteiger partial charge in [-0.1, -0.05) is 0 Å². The van der Waals surface area contributed by atoms with Gasteiger partial charge in [-0.15, -0.1) is 0 Å². The Morgan fingerprint density at radius 2 is 1.89 bits per heavy atom. The molecule has 0 aromatic carbocycles. The average Bonchev–Trinajstić information content (AvgIpc) is 2.58. The molecule has 1 saturated heterocycles. The highest BCUT2D eigenvalue weighted by Crippen LogP contribution is 2.11. The van der Waals surface area contributed by atoms with E-state index >= 15 is 0 Å². The molecule has 0 aliphatic carbocycles. The van der Waals surface area contributed by atoms with Crippen LogP contribution in [-0.4, -0.2) is 60.2 Å². The molecule has 1 aliphatic heterocycles. The number of morpholine rings is 1. The third-order valence-electron chi connectivity index (χ3n) is 4.08. The summed E-state index contributed by atoms with van der Waals surface area (Å²) in [4.78, 5) is 45.3. The zero-order chi connectivity index (χ0) is 20.0. The number of hydrogen-bond acceptors (Lipinski definition) is 6. The first kappa shape index (κ1) is 20.9. The molecule has 2 amide bonds. The van der Waals surface area contributed by atoms with Gasteiger partial charge in [0, 0.05) is 36.3 Å². The number of ether oxygens (including phenoxy) is 1. The van der Waals surface area contributed by atoms with E-state index in [-0.39, 0.29) is 42.3 Å². The summed E-state index contributed by atoms with van der Waals surface area (Å²) in [5, 5.41) is 5.34. The Morgan fingerprint density at radius 1 is 1.22 bits per heavy atom. The molecule has 1 aromatic rings. The number of rotatable bonds is 6. The maximum atomic E-state index is 12.4. The van der Waals surface area contributed by atoms with Gasteiger partial charge in [-0.05, 0) is 34.1 Å². The topological polar surface area (TPSA) is 116 Å². The van der Waals surface area contributed by atoms with Crippen LogP contribution in [0, 0.1) is 6.92 Å². The number of anilines is 1. The Morgan fingerprint density at radius 3 is 2.48 bits per heavy atom. The Kier molecular flexibility index (Phi) is 6.95. The molecular weight excluding hydrogens is 350 g/mol. The van der Waals surface area contributed by atoms with Crippen molar-refractivity contribution in [3.8, 4) is 0 Å². The van der Waals surface area contributed by atoms with E-state index in [1.54, 1.807) is 6.92 Å². The summed E-state index contributed by atoms with van der Waals surface area (Å²) in [5.41, 5.74) is 0.516. The molecule has 0 radical (unpaired) electrons. The zero-order valence-electron chi connectivity index (χ0n) is 16.5. The van der Waals surface area contributed by atoms with Crippen molar-refractivity contribution in [1.82, 2.24) is 20.6 Å². The second-order valence-corrected chi connectivity index (χ2v) is 7.63. The fraction of sp³-hybridized carbons (Fsp3) is 0.667. The number of H-pyrrole nitrogens is 1. The highest BCUT2D eigenvalue weighted by atomic mass is 16.5. The Labute approximate surface area is 158 Å².